The van der Waals surface area contributed by atoms with Gasteiger partial charge in [0.15, 0.2) is 0 Å². The third-order valence-corrected chi connectivity index (χ3v) is 5.27. The number of piperidine rings is 1. The Kier molecular flexibility index (Phi) is 4.79. The Bertz CT molecular complexity index is 875. The van der Waals surface area contributed by atoms with Gasteiger partial charge in [0.2, 0.25) is 0 Å². The number of ether oxygens (including phenoxy) is 1. The minimum absolute atomic E-state index is 0.0798. The molecular formula is C21H23N3O3. The van der Waals surface area contributed by atoms with Crippen molar-refractivity contribution in [3.63, 3.8) is 0 Å². The number of amides is 1. The van der Waals surface area contributed by atoms with Gasteiger partial charge in [-0.1, -0.05) is 6.07 Å². The van der Waals surface area contributed by atoms with E-state index in [0.29, 0.717) is 11.1 Å². The van der Waals surface area contributed by atoms with Crippen LogP contribution in [0, 0.1) is 0 Å². The van der Waals surface area contributed by atoms with Gasteiger partial charge in [0, 0.05) is 31.5 Å². The molecule has 0 saturated carbocycles. The third kappa shape index (κ3) is 3.39. The molecule has 0 unspecified atom stereocenters. The highest BCUT2D eigenvalue weighted by Crippen LogP contribution is 2.33. The molecule has 0 aliphatic carbocycles. The van der Waals surface area contributed by atoms with Crippen LogP contribution in [-0.4, -0.2) is 48.5 Å². The Hall–Kier alpha value is -2.89. The molecule has 0 N–H and O–H groups in total. The Labute approximate surface area is 158 Å². The third-order valence-electron chi connectivity index (χ3n) is 5.27. The number of hydrogen-bond donors (Lipinski definition) is 0. The molecule has 2 aliphatic heterocycles. The van der Waals surface area contributed by atoms with E-state index in [-0.39, 0.29) is 11.9 Å². The van der Waals surface area contributed by atoms with Gasteiger partial charge >= 0.3 is 5.97 Å². The van der Waals surface area contributed by atoms with Crippen LogP contribution in [0.25, 0.3) is 0 Å². The van der Waals surface area contributed by atoms with Crippen LogP contribution in [-0.2, 0) is 11.2 Å². The van der Waals surface area contributed by atoms with Crippen LogP contribution in [0.5, 0.6) is 0 Å². The van der Waals surface area contributed by atoms with Gasteiger partial charge in [0.05, 0.1) is 18.2 Å². The molecule has 0 atom stereocenters. The Morgan fingerprint density at radius 3 is 2.63 bits per heavy atom. The summed E-state index contributed by atoms with van der Waals surface area (Å²) in [6.07, 6.45) is 5.86. The van der Waals surface area contributed by atoms with Crippen molar-refractivity contribution in [3.8, 4) is 0 Å². The van der Waals surface area contributed by atoms with Crippen molar-refractivity contribution in [2.45, 2.75) is 25.7 Å². The summed E-state index contributed by atoms with van der Waals surface area (Å²) < 4.78 is 4.81. The zero-order valence-electron chi connectivity index (χ0n) is 15.5. The second-order valence-electron chi connectivity index (χ2n) is 7.00. The molecule has 1 aromatic heterocycles. The molecule has 6 heteroatoms. The fourth-order valence-corrected chi connectivity index (χ4v) is 3.83. The Morgan fingerprint density at radius 2 is 1.85 bits per heavy atom. The van der Waals surface area contributed by atoms with E-state index in [2.05, 4.69) is 9.88 Å². The van der Waals surface area contributed by atoms with Gasteiger partial charge in [-0.25, -0.2) is 9.78 Å². The molecule has 0 bridgehead atoms. The average Bonchev–Trinajstić information content (AvgIpc) is 3.16. The van der Waals surface area contributed by atoms with Crippen LogP contribution in [0.2, 0.25) is 0 Å². The number of esters is 1. The van der Waals surface area contributed by atoms with Crippen molar-refractivity contribution in [2.75, 3.05) is 31.6 Å². The van der Waals surface area contributed by atoms with E-state index in [1.165, 1.54) is 13.5 Å². The second kappa shape index (κ2) is 7.39. The molecule has 1 amide bonds. The maximum absolute atomic E-state index is 12.7. The Balaban J connectivity index is 1.58. The van der Waals surface area contributed by atoms with E-state index in [9.17, 15) is 9.59 Å². The summed E-state index contributed by atoms with van der Waals surface area (Å²) in [5.41, 5.74) is 3.15. The van der Waals surface area contributed by atoms with Crippen LogP contribution >= 0.6 is 0 Å². The van der Waals surface area contributed by atoms with Crippen molar-refractivity contribution in [1.82, 2.24) is 9.88 Å². The summed E-state index contributed by atoms with van der Waals surface area (Å²) in [5, 5.41) is 0. The molecule has 2 aromatic rings. The fraction of sp³-hybridized carbons (Fsp3) is 0.381. The van der Waals surface area contributed by atoms with Crippen molar-refractivity contribution in [1.29, 1.82) is 0 Å². The van der Waals surface area contributed by atoms with Gasteiger partial charge in [-0.05, 0) is 55.5 Å². The predicted octanol–water partition coefficient (Wildman–Crippen LogP) is 3.19. The average molecular weight is 365 g/mol. The van der Waals surface area contributed by atoms with E-state index in [4.69, 9.17) is 4.74 Å². The molecule has 6 nitrogen and oxygen atoms in total. The number of fused-ring (bicyclic) bond motifs is 1. The van der Waals surface area contributed by atoms with Gasteiger partial charge in [-0.2, -0.15) is 0 Å². The fourth-order valence-electron chi connectivity index (χ4n) is 3.83. The summed E-state index contributed by atoms with van der Waals surface area (Å²) in [5.74, 6) is 0.579. The maximum Gasteiger partial charge on any atom is 0.337 e. The highest BCUT2D eigenvalue weighted by molar-refractivity contribution is 5.95. The SMILES string of the molecule is COC(=O)c1cccc(N2CCc3cc(C(=O)N4CCCCC4)cnc32)c1. The molecule has 1 saturated heterocycles. The van der Waals surface area contributed by atoms with E-state index >= 15 is 0 Å². The number of likely N-dealkylation sites (tertiary alicyclic amines) is 1. The summed E-state index contributed by atoms with van der Waals surface area (Å²) in [6.45, 7) is 2.44. The normalized spacial score (nSPS) is 16.2. The molecule has 4 rings (SSSR count). The first-order valence-corrected chi connectivity index (χ1v) is 9.41. The van der Waals surface area contributed by atoms with E-state index in [0.717, 1.165) is 56.0 Å². The lowest BCUT2D eigenvalue weighted by molar-refractivity contribution is 0.0600. The van der Waals surface area contributed by atoms with Gasteiger partial charge in [0.25, 0.3) is 5.91 Å². The van der Waals surface area contributed by atoms with Crippen molar-refractivity contribution >= 4 is 23.4 Å². The maximum atomic E-state index is 12.7. The quantitative estimate of drug-likeness (QED) is 0.782. The largest absolute Gasteiger partial charge is 0.465 e. The number of nitrogens with zero attached hydrogens (tertiary/aromatic N) is 3. The number of methoxy groups -OCH3 is 1. The predicted molar refractivity (Wildman–Crippen MR) is 102 cm³/mol. The van der Waals surface area contributed by atoms with Crippen LogP contribution < -0.4 is 4.90 Å². The molecule has 0 spiro atoms. The van der Waals surface area contributed by atoms with Crippen LogP contribution in [0.4, 0.5) is 11.5 Å². The van der Waals surface area contributed by atoms with Crippen molar-refractivity contribution < 1.29 is 14.3 Å². The van der Waals surface area contributed by atoms with Crippen molar-refractivity contribution in [3.05, 3.63) is 53.2 Å². The number of carbonyl (C=O) groups excluding carboxylic acids is 2. The lowest BCUT2D eigenvalue weighted by Crippen LogP contribution is -2.35. The van der Waals surface area contributed by atoms with Crippen LogP contribution in [0.3, 0.4) is 0 Å². The van der Waals surface area contributed by atoms with Gasteiger partial charge in [-0.15, -0.1) is 0 Å². The molecular weight excluding hydrogens is 342 g/mol. The first-order chi connectivity index (χ1) is 13.2. The lowest BCUT2D eigenvalue weighted by atomic mass is 10.1. The molecule has 3 heterocycles. The Morgan fingerprint density at radius 1 is 1.04 bits per heavy atom. The summed E-state index contributed by atoms with van der Waals surface area (Å²) in [6, 6.07) is 9.32. The number of hydrogen-bond acceptors (Lipinski definition) is 5. The number of rotatable bonds is 3. The molecule has 2 aliphatic rings. The summed E-state index contributed by atoms with van der Waals surface area (Å²) in [4.78, 5) is 33.1. The number of benzene rings is 1. The zero-order chi connectivity index (χ0) is 18.8. The number of anilines is 2. The highest BCUT2D eigenvalue weighted by atomic mass is 16.5. The van der Waals surface area contributed by atoms with Crippen LogP contribution in [0.1, 0.15) is 45.5 Å². The van der Waals surface area contributed by atoms with E-state index < -0.39 is 0 Å². The standard InChI is InChI=1S/C21H23N3O3/c1-27-21(26)16-6-5-7-18(13-16)24-11-8-15-12-17(14-22-19(15)24)20(25)23-9-3-2-4-10-23/h5-7,12-14H,2-4,8-11H2,1H3. The summed E-state index contributed by atoms with van der Waals surface area (Å²) in [7, 11) is 1.38. The first kappa shape index (κ1) is 17.5. The first-order valence-electron chi connectivity index (χ1n) is 9.41. The minimum Gasteiger partial charge on any atom is -0.465 e. The zero-order valence-corrected chi connectivity index (χ0v) is 15.5. The lowest BCUT2D eigenvalue weighted by Gasteiger charge is -2.26. The highest BCUT2D eigenvalue weighted by Gasteiger charge is 2.25. The van der Waals surface area contributed by atoms with Gasteiger partial charge < -0.3 is 14.5 Å². The molecule has 1 aromatic carbocycles. The topological polar surface area (TPSA) is 62.7 Å². The van der Waals surface area contributed by atoms with E-state index in [1.54, 1.807) is 12.3 Å². The van der Waals surface area contributed by atoms with Gasteiger partial charge in [-0.3, -0.25) is 4.79 Å². The molecule has 0 radical (unpaired) electrons. The van der Waals surface area contributed by atoms with Crippen LogP contribution in [0.15, 0.2) is 36.5 Å². The smallest absolute Gasteiger partial charge is 0.337 e. The second-order valence-corrected chi connectivity index (χ2v) is 7.00. The monoisotopic (exact) mass is 365 g/mol. The number of pyridine rings is 1. The number of aromatic nitrogens is 1. The molecule has 140 valence electrons. The molecule has 1 fully saturated rings. The minimum atomic E-state index is -0.355. The van der Waals surface area contributed by atoms with E-state index in [1.807, 2.05) is 29.2 Å². The number of carbonyl (C=O) groups is 2. The summed E-state index contributed by atoms with van der Waals surface area (Å²) >= 11 is 0. The van der Waals surface area contributed by atoms with Crippen molar-refractivity contribution in [2.24, 2.45) is 0 Å². The molecule has 27 heavy (non-hydrogen) atoms. The van der Waals surface area contributed by atoms with Gasteiger partial charge in [0.1, 0.15) is 5.82 Å².